The molecule has 2 aromatic heterocycles. The van der Waals surface area contributed by atoms with Crippen LogP contribution in [-0.2, 0) is 17.5 Å². The van der Waals surface area contributed by atoms with E-state index in [4.69, 9.17) is 10.5 Å². The van der Waals surface area contributed by atoms with Crippen LogP contribution in [0.1, 0.15) is 30.5 Å². The molecular weight excluding hydrogens is 393 g/mol. The summed E-state index contributed by atoms with van der Waals surface area (Å²) >= 11 is 0. The van der Waals surface area contributed by atoms with Crippen LogP contribution >= 0.6 is 0 Å². The van der Waals surface area contributed by atoms with E-state index in [1.165, 1.54) is 6.07 Å². The van der Waals surface area contributed by atoms with Crippen LogP contribution in [0, 0.1) is 0 Å². The van der Waals surface area contributed by atoms with Gasteiger partial charge in [0.15, 0.2) is 5.82 Å². The van der Waals surface area contributed by atoms with Gasteiger partial charge in [-0.25, -0.2) is 9.97 Å². The SMILES string of the molecule is CCC(COCc1cccc(C(F)(F)F)c1)n1cnc2c(N)nc3ccccc3c21. The first-order valence-electron chi connectivity index (χ1n) is 9.63. The van der Waals surface area contributed by atoms with Gasteiger partial charge in [0.05, 0.1) is 42.2 Å². The fourth-order valence-corrected chi connectivity index (χ4v) is 3.59. The molecule has 0 aliphatic rings. The number of imidazole rings is 1. The molecule has 156 valence electrons. The number of rotatable bonds is 6. The van der Waals surface area contributed by atoms with Crippen LogP contribution in [0.25, 0.3) is 21.9 Å². The van der Waals surface area contributed by atoms with E-state index < -0.39 is 11.7 Å². The summed E-state index contributed by atoms with van der Waals surface area (Å²) in [5, 5.41) is 0.940. The zero-order valence-electron chi connectivity index (χ0n) is 16.4. The van der Waals surface area contributed by atoms with Gasteiger partial charge in [-0.3, -0.25) is 0 Å². The van der Waals surface area contributed by atoms with Gasteiger partial charge in [0, 0.05) is 5.39 Å². The Hall–Kier alpha value is -3.13. The number of alkyl halides is 3. The van der Waals surface area contributed by atoms with E-state index in [9.17, 15) is 13.2 Å². The van der Waals surface area contributed by atoms with Crippen LogP contribution in [0.4, 0.5) is 19.0 Å². The summed E-state index contributed by atoms with van der Waals surface area (Å²) in [6.07, 6.45) is -1.89. The van der Waals surface area contributed by atoms with Crippen LogP contribution in [0.3, 0.4) is 0 Å². The van der Waals surface area contributed by atoms with E-state index in [2.05, 4.69) is 9.97 Å². The molecular formula is C22H21F3N4O. The molecule has 2 aromatic carbocycles. The first-order valence-corrected chi connectivity index (χ1v) is 9.63. The molecule has 1 atom stereocenters. The number of nitrogens with zero attached hydrogens (tertiary/aromatic N) is 3. The van der Waals surface area contributed by atoms with Gasteiger partial charge in [-0.15, -0.1) is 0 Å². The Morgan fingerprint density at radius 1 is 1.13 bits per heavy atom. The van der Waals surface area contributed by atoms with Crippen molar-refractivity contribution >= 4 is 27.8 Å². The van der Waals surface area contributed by atoms with Gasteiger partial charge in [-0.05, 0) is 30.2 Å². The molecule has 2 heterocycles. The van der Waals surface area contributed by atoms with Crippen molar-refractivity contribution < 1.29 is 17.9 Å². The number of ether oxygens (including phenoxy) is 1. The van der Waals surface area contributed by atoms with Gasteiger partial charge in [0.25, 0.3) is 0 Å². The minimum Gasteiger partial charge on any atom is -0.382 e. The Bertz CT molecular complexity index is 1190. The van der Waals surface area contributed by atoms with E-state index in [1.54, 1.807) is 12.4 Å². The second-order valence-corrected chi connectivity index (χ2v) is 7.14. The van der Waals surface area contributed by atoms with Crippen LogP contribution in [0.5, 0.6) is 0 Å². The average Bonchev–Trinajstić information content (AvgIpc) is 3.17. The Morgan fingerprint density at radius 3 is 2.70 bits per heavy atom. The van der Waals surface area contributed by atoms with Crippen molar-refractivity contribution in [1.82, 2.24) is 14.5 Å². The highest BCUT2D eigenvalue weighted by molar-refractivity contribution is 6.06. The van der Waals surface area contributed by atoms with Crippen molar-refractivity contribution in [3.8, 4) is 0 Å². The van der Waals surface area contributed by atoms with E-state index in [0.717, 1.165) is 35.0 Å². The Labute approximate surface area is 171 Å². The molecule has 0 saturated carbocycles. The maximum Gasteiger partial charge on any atom is 0.416 e. The van der Waals surface area contributed by atoms with Gasteiger partial charge in [0.1, 0.15) is 5.52 Å². The second-order valence-electron chi connectivity index (χ2n) is 7.14. The molecule has 0 fully saturated rings. The molecule has 4 aromatic rings. The minimum atomic E-state index is -4.37. The average molecular weight is 414 g/mol. The fourth-order valence-electron chi connectivity index (χ4n) is 3.59. The summed E-state index contributed by atoms with van der Waals surface area (Å²) in [7, 11) is 0. The monoisotopic (exact) mass is 414 g/mol. The zero-order valence-corrected chi connectivity index (χ0v) is 16.4. The van der Waals surface area contributed by atoms with Crippen LogP contribution in [0.2, 0.25) is 0 Å². The number of hydrogen-bond donors (Lipinski definition) is 1. The number of pyridine rings is 1. The van der Waals surface area contributed by atoms with Crippen molar-refractivity contribution in [2.24, 2.45) is 0 Å². The summed E-state index contributed by atoms with van der Waals surface area (Å²) in [5.74, 6) is 0.363. The van der Waals surface area contributed by atoms with Crippen LogP contribution < -0.4 is 5.73 Å². The van der Waals surface area contributed by atoms with Crippen LogP contribution in [0.15, 0.2) is 54.9 Å². The number of nitrogens with two attached hydrogens (primary N) is 1. The van der Waals surface area contributed by atoms with E-state index in [-0.39, 0.29) is 12.6 Å². The quantitative estimate of drug-likeness (QED) is 0.462. The molecule has 5 nitrogen and oxygen atoms in total. The summed E-state index contributed by atoms with van der Waals surface area (Å²) in [6.45, 7) is 2.45. The topological polar surface area (TPSA) is 66.0 Å². The van der Waals surface area contributed by atoms with Gasteiger partial charge < -0.3 is 15.0 Å². The Morgan fingerprint density at radius 2 is 1.93 bits per heavy atom. The molecule has 0 spiro atoms. The number of halogens is 3. The molecule has 30 heavy (non-hydrogen) atoms. The lowest BCUT2D eigenvalue weighted by Crippen LogP contribution is -2.14. The summed E-state index contributed by atoms with van der Waals surface area (Å²) in [5.41, 5.74) is 8.19. The summed E-state index contributed by atoms with van der Waals surface area (Å²) in [4.78, 5) is 8.85. The molecule has 8 heteroatoms. The predicted molar refractivity (Wildman–Crippen MR) is 110 cm³/mol. The molecule has 0 saturated heterocycles. The lowest BCUT2D eigenvalue weighted by Gasteiger charge is -2.19. The number of aromatic nitrogens is 3. The van der Waals surface area contributed by atoms with Gasteiger partial charge >= 0.3 is 6.18 Å². The molecule has 2 N–H and O–H groups in total. The number of benzene rings is 2. The van der Waals surface area contributed by atoms with E-state index in [1.807, 2.05) is 35.8 Å². The first-order chi connectivity index (χ1) is 14.4. The first kappa shape index (κ1) is 20.2. The third-order valence-electron chi connectivity index (χ3n) is 5.13. The van der Waals surface area contributed by atoms with Gasteiger partial charge in [-0.1, -0.05) is 37.3 Å². The Kier molecular flexibility index (Phi) is 5.34. The van der Waals surface area contributed by atoms with Gasteiger partial charge in [0.2, 0.25) is 0 Å². The van der Waals surface area contributed by atoms with Crippen molar-refractivity contribution in [3.05, 3.63) is 66.0 Å². The molecule has 0 bridgehead atoms. The third kappa shape index (κ3) is 3.82. The number of hydrogen-bond acceptors (Lipinski definition) is 4. The molecule has 4 rings (SSSR count). The van der Waals surface area contributed by atoms with Crippen molar-refractivity contribution in [1.29, 1.82) is 0 Å². The normalized spacial score (nSPS) is 13.2. The third-order valence-corrected chi connectivity index (χ3v) is 5.13. The Balaban J connectivity index is 1.58. The second kappa shape index (κ2) is 7.95. The fraction of sp³-hybridized carbons (Fsp3) is 0.273. The predicted octanol–water partition coefficient (Wildman–Crippen LogP) is 5.35. The van der Waals surface area contributed by atoms with E-state index >= 15 is 0 Å². The van der Waals surface area contributed by atoms with E-state index in [0.29, 0.717) is 23.5 Å². The molecule has 0 amide bonds. The summed E-state index contributed by atoms with van der Waals surface area (Å²) < 4.78 is 46.5. The van der Waals surface area contributed by atoms with Crippen molar-refractivity contribution in [2.75, 3.05) is 12.3 Å². The van der Waals surface area contributed by atoms with Crippen LogP contribution in [-0.4, -0.2) is 21.1 Å². The number of fused-ring (bicyclic) bond motifs is 3. The standard InChI is InChI=1S/C22H21F3N4O/c1-2-16(12-30-11-14-6-5-7-15(10-14)22(23,24)25)29-13-27-19-20(29)17-8-3-4-9-18(17)28-21(19)26/h3-10,13,16H,2,11-12H2,1H3,(H2,26,28). The molecule has 0 radical (unpaired) electrons. The van der Waals surface area contributed by atoms with Crippen molar-refractivity contribution in [2.45, 2.75) is 32.2 Å². The smallest absolute Gasteiger partial charge is 0.382 e. The lowest BCUT2D eigenvalue weighted by atomic mass is 10.1. The molecule has 0 aliphatic carbocycles. The molecule has 1 unspecified atom stereocenters. The minimum absolute atomic E-state index is 0.0500. The number of para-hydroxylation sites is 1. The maximum absolute atomic E-state index is 12.9. The highest BCUT2D eigenvalue weighted by atomic mass is 19.4. The van der Waals surface area contributed by atoms with Gasteiger partial charge in [-0.2, -0.15) is 13.2 Å². The molecule has 0 aliphatic heterocycles. The highest BCUT2D eigenvalue weighted by Crippen LogP contribution is 2.31. The largest absolute Gasteiger partial charge is 0.416 e. The lowest BCUT2D eigenvalue weighted by molar-refractivity contribution is -0.137. The number of nitrogen functional groups attached to an aromatic ring is 1. The zero-order chi connectivity index (χ0) is 21.3. The highest BCUT2D eigenvalue weighted by Gasteiger charge is 2.30. The maximum atomic E-state index is 12.9. The summed E-state index contributed by atoms with van der Waals surface area (Å²) in [6, 6.07) is 12.8. The van der Waals surface area contributed by atoms with Crippen molar-refractivity contribution in [3.63, 3.8) is 0 Å². The number of anilines is 1.